The van der Waals surface area contributed by atoms with Gasteiger partial charge in [0, 0.05) is 50.3 Å². The van der Waals surface area contributed by atoms with E-state index >= 15 is 0 Å². The Morgan fingerprint density at radius 2 is 1.67 bits per heavy atom. The van der Waals surface area contributed by atoms with E-state index in [-0.39, 0.29) is 32.5 Å². The predicted molar refractivity (Wildman–Crippen MR) is 159 cm³/mol. The quantitative estimate of drug-likeness (QED) is 0.335. The number of halogens is 2. The molecule has 0 amide bonds. The first-order chi connectivity index (χ1) is 20.5. The zero-order valence-electron chi connectivity index (χ0n) is 24.0. The van der Waals surface area contributed by atoms with Crippen LogP contribution in [0.25, 0.3) is 22.9 Å². The van der Waals surface area contributed by atoms with Crippen molar-refractivity contribution in [3.05, 3.63) is 36.4 Å². The molecule has 0 radical (unpaired) electrons. The van der Waals surface area contributed by atoms with Gasteiger partial charge in [-0.05, 0) is 68.4 Å². The number of esters is 1. The molecule has 1 aromatic carbocycles. The van der Waals surface area contributed by atoms with Gasteiger partial charge in [0.05, 0.1) is 12.3 Å². The van der Waals surface area contributed by atoms with E-state index in [1.165, 1.54) is 12.8 Å². The Kier molecular flexibility index (Phi) is 7.73. The van der Waals surface area contributed by atoms with E-state index in [2.05, 4.69) is 29.8 Å². The van der Waals surface area contributed by atoms with Crippen molar-refractivity contribution in [1.29, 1.82) is 0 Å². The number of carbonyl (C=O) groups excluding carboxylic acids is 1. The Hall–Kier alpha value is -3.81. The predicted octanol–water partition coefficient (Wildman–Crippen LogP) is 4.45. The first-order valence-corrected chi connectivity index (χ1v) is 16.3. The van der Waals surface area contributed by atoms with Gasteiger partial charge in [0.15, 0.2) is 17.4 Å². The van der Waals surface area contributed by atoms with E-state index in [0.717, 1.165) is 37.2 Å². The molecule has 0 atom stereocenters. The molecular weight excluding hydrogens is 580 g/mol. The van der Waals surface area contributed by atoms with E-state index in [4.69, 9.17) is 4.74 Å². The van der Waals surface area contributed by atoms with Crippen LogP contribution in [0, 0.1) is 5.41 Å². The lowest BCUT2D eigenvalue weighted by Gasteiger charge is -2.35. The molecule has 2 aliphatic heterocycles. The fourth-order valence-corrected chi connectivity index (χ4v) is 6.77. The van der Waals surface area contributed by atoms with E-state index in [9.17, 15) is 22.0 Å². The molecule has 43 heavy (non-hydrogen) atoms. The lowest BCUT2D eigenvalue weighted by molar-refractivity contribution is -0.139. The highest BCUT2D eigenvalue weighted by Crippen LogP contribution is 2.54. The highest BCUT2D eigenvalue weighted by atomic mass is 32.2. The van der Waals surface area contributed by atoms with Gasteiger partial charge in [-0.15, -0.1) is 10.2 Å². The maximum atomic E-state index is 13.7. The number of carbonyl (C=O) groups is 1. The number of hydrogen-bond acceptors (Lipinski definition) is 9. The first-order valence-electron chi connectivity index (χ1n) is 14.6. The number of nitrogens with one attached hydrogen (secondary N) is 2. The summed E-state index contributed by atoms with van der Waals surface area (Å²) >= 11 is 0. The molecule has 2 N–H and O–H groups in total. The van der Waals surface area contributed by atoms with E-state index in [0.29, 0.717) is 34.3 Å². The van der Waals surface area contributed by atoms with Crippen LogP contribution >= 0.6 is 0 Å². The fourth-order valence-electron chi connectivity index (χ4n) is 5.82. The molecule has 1 saturated carbocycles. The van der Waals surface area contributed by atoms with Gasteiger partial charge in [-0.1, -0.05) is 6.07 Å². The van der Waals surface area contributed by atoms with Crippen LogP contribution in [-0.4, -0.2) is 79.0 Å². The van der Waals surface area contributed by atoms with Crippen LogP contribution in [0.5, 0.6) is 0 Å². The monoisotopic (exact) mass is 615 g/mol. The first kappa shape index (κ1) is 29.3. The Bertz CT molecular complexity index is 1590. The second kappa shape index (κ2) is 11.4. The summed E-state index contributed by atoms with van der Waals surface area (Å²) < 4.78 is 59.9. The van der Waals surface area contributed by atoms with Gasteiger partial charge < -0.3 is 19.5 Å². The van der Waals surface area contributed by atoms with Crippen LogP contribution < -0.4 is 14.5 Å². The van der Waals surface area contributed by atoms with Gasteiger partial charge in [0.25, 0.3) is 5.92 Å². The number of hydrogen-bond donors (Lipinski definition) is 2. The molecule has 1 aliphatic carbocycles. The van der Waals surface area contributed by atoms with Crippen molar-refractivity contribution in [3.8, 4) is 22.9 Å². The second-order valence-electron chi connectivity index (χ2n) is 11.6. The van der Waals surface area contributed by atoms with E-state index in [1.54, 1.807) is 37.3 Å². The summed E-state index contributed by atoms with van der Waals surface area (Å²) in [5.74, 6) is -2.71. The van der Waals surface area contributed by atoms with Gasteiger partial charge in [0.1, 0.15) is 11.5 Å². The van der Waals surface area contributed by atoms with E-state index in [1.807, 2.05) is 11.0 Å². The lowest BCUT2D eigenvalue weighted by Crippen LogP contribution is -2.39. The summed E-state index contributed by atoms with van der Waals surface area (Å²) in [6, 6.07) is 10.6. The molecule has 14 heteroatoms. The zero-order valence-corrected chi connectivity index (χ0v) is 24.8. The minimum atomic E-state index is -3.97. The number of alkyl halides is 2. The number of benzene rings is 1. The van der Waals surface area contributed by atoms with Crippen molar-refractivity contribution >= 4 is 33.2 Å². The SMILES string of the molecule is CCOC(=O)CS(=O)(=O)Nc1ccc(-c2nnc(-c3cccc(N4CCC(F)(F)CC4)n3)[nH]2)c(N2CCC3(CC2)CC3)c1. The Labute approximate surface area is 249 Å². The molecule has 0 unspecified atom stereocenters. The average Bonchev–Trinajstić information content (AvgIpc) is 3.53. The van der Waals surface area contributed by atoms with Crippen molar-refractivity contribution in [3.63, 3.8) is 0 Å². The second-order valence-corrected chi connectivity index (χ2v) is 13.4. The Morgan fingerprint density at radius 1 is 0.977 bits per heavy atom. The normalized spacial score (nSPS) is 19.3. The van der Waals surface area contributed by atoms with Crippen molar-refractivity contribution in [1.82, 2.24) is 20.2 Å². The summed E-state index contributed by atoms with van der Waals surface area (Å²) in [4.78, 5) is 23.8. The number of H-pyrrole nitrogens is 1. The summed E-state index contributed by atoms with van der Waals surface area (Å²) in [5.41, 5.74) is 2.84. The maximum Gasteiger partial charge on any atom is 0.323 e. The van der Waals surface area contributed by atoms with Gasteiger partial charge in [0.2, 0.25) is 10.0 Å². The Morgan fingerprint density at radius 3 is 2.37 bits per heavy atom. The number of sulfonamides is 1. The molecule has 11 nitrogen and oxygen atoms in total. The molecule has 2 aromatic heterocycles. The smallest absolute Gasteiger partial charge is 0.323 e. The topological polar surface area (TPSA) is 133 Å². The molecule has 3 aromatic rings. The van der Waals surface area contributed by atoms with Gasteiger partial charge in [-0.3, -0.25) is 9.52 Å². The maximum absolute atomic E-state index is 13.7. The third-order valence-corrected chi connectivity index (χ3v) is 9.71. The van der Waals surface area contributed by atoms with Crippen LogP contribution in [0.1, 0.15) is 45.4 Å². The molecule has 230 valence electrons. The summed E-state index contributed by atoms with van der Waals surface area (Å²) in [6.45, 7) is 3.81. The van der Waals surface area contributed by atoms with Crippen LogP contribution in [-0.2, 0) is 19.6 Å². The number of rotatable bonds is 9. The van der Waals surface area contributed by atoms with E-state index < -0.39 is 27.7 Å². The summed E-state index contributed by atoms with van der Waals surface area (Å²) in [6.07, 6.45) is 4.21. The van der Waals surface area contributed by atoms with Crippen LogP contribution in [0.2, 0.25) is 0 Å². The molecule has 3 fully saturated rings. The fraction of sp³-hybridized carbons (Fsp3) is 0.517. The number of anilines is 3. The van der Waals surface area contributed by atoms with Gasteiger partial charge in [-0.2, -0.15) is 0 Å². The van der Waals surface area contributed by atoms with Crippen LogP contribution in [0.15, 0.2) is 36.4 Å². The van der Waals surface area contributed by atoms with Crippen molar-refractivity contribution in [2.24, 2.45) is 5.41 Å². The van der Waals surface area contributed by atoms with Crippen LogP contribution in [0.4, 0.5) is 26.0 Å². The largest absolute Gasteiger partial charge is 0.465 e. The molecule has 0 bridgehead atoms. The number of aromatic nitrogens is 4. The molecule has 6 rings (SSSR count). The molecule has 4 heterocycles. The van der Waals surface area contributed by atoms with Crippen molar-refractivity contribution in [2.45, 2.75) is 51.4 Å². The number of piperidine rings is 2. The van der Waals surface area contributed by atoms with Gasteiger partial charge in [-0.25, -0.2) is 22.2 Å². The lowest BCUT2D eigenvalue weighted by atomic mass is 9.93. The minimum absolute atomic E-state index is 0.0970. The number of pyridine rings is 1. The summed E-state index contributed by atoms with van der Waals surface area (Å²) in [7, 11) is -3.97. The third kappa shape index (κ3) is 6.73. The molecular formula is C29H35F2N7O4S. The van der Waals surface area contributed by atoms with Crippen LogP contribution in [0.3, 0.4) is 0 Å². The number of aromatic amines is 1. The standard InChI is InChI=1S/C29H35F2N7O4S/c1-2-42-25(39)19-43(40,41)36-20-6-7-21(23(18-20)37-14-10-28(8-9-28)11-15-37)26-33-27(35-34-26)22-4-3-5-24(32-22)38-16-12-29(30,31)13-17-38/h3-7,18,36H,2,8-17,19H2,1H3,(H,33,34,35). The number of ether oxygens (including phenoxy) is 1. The Balaban J connectivity index is 1.26. The zero-order chi connectivity index (χ0) is 30.2. The summed E-state index contributed by atoms with van der Waals surface area (Å²) in [5, 5.41) is 8.74. The molecule has 3 aliphatic rings. The van der Waals surface area contributed by atoms with Gasteiger partial charge >= 0.3 is 5.97 Å². The highest BCUT2D eigenvalue weighted by Gasteiger charge is 2.44. The minimum Gasteiger partial charge on any atom is -0.465 e. The molecule has 1 spiro atoms. The third-order valence-electron chi connectivity index (χ3n) is 8.54. The average molecular weight is 616 g/mol. The number of nitrogens with zero attached hydrogens (tertiary/aromatic N) is 5. The van der Waals surface area contributed by atoms with Crippen molar-refractivity contribution in [2.75, 3.05) is 53.1 Å². The van der Waals surface area contributed by atoms with Crippen molar-refractivity contribution < 1.29 is 26.7 Å². The molecule has 2 saturated heterocycles. The highest BCUT2D eigenvalue weighted by molar-refractivity contribution is 7.93.